The molecule has 0 aliphatic heterocycles. The van der Waals surface area contributed by atoms with Crippen molar-refractivity contribution in [3.63, 3.8) is 0 Å². The van der Waals surface area contributed by atoms with Crippen molar-refractivity contribution >= 4 is 17.7 Å². The lowest BCUT2D eigenvalue weighted by molar-refractivity contribution is -0.116. The fourth-order valence-electron chi connectivity index (χ4n) is 1.87. The quantitative estimate of drug-likeness (QED) is 0.570. The number of hydrogen-bond acceptors (Lipinski definition) is 3. The standard InChI is InChI=1S/C17H26N2O2/c1-14(13-20)5-4-12-18-17(21)11-8-15-6-9-16(10-7-15)19(2)3/h6-11,14,20H,4-5,12-13H2,1-3H3,(H,18,21)/b11-8+. The Balaban J connectivity index is 2.33. The zero-order valence-electron chi connectivity index (χ0n) is 13.2. The second-order valence-corrected chi connectivity index (χ2v) is 5.54. The van der Waals surface area contributed by atoms with E-state index in [9.17, 15) is 4.79 Å². The van der Waals surface area contributed by atoms with Gasteiger partial charge in [0.1, 0.15) is 0 Å². The SMILES string of the molecule is CC(CO)CCCNC(=O)/C=C/c1ccc(N(C)C)cc1. The predicted octanol–water partition coefficient (Wildman–Crippen LogP) is 2.29. The molecular formula is C17H26N2O2. The van der Waals surface area contributed by atoms with Gasteiger partial charge in [-0.15, -0.1) is 0 Å². The molecule has 1 aromatic rings. The first kappa shape index (κ1) is 17.2. The van der Waals surface area contributed by atoms with Crippen molar-refractivity contribution in [3.8, 4) is 0 Å². The molecule has 116 valence electrons. The van der Waals surface area contributed by atoms with Gasteiger partial charge < -0.3 is 15.3 Å². The summed E-state index contributed by atoms with van der Waals surface area (Å²) in [6.45, 7) is 2.85. The molecular weight excluding hydrogens is 264 g/mol. The molecule has 0 aromatic heterocycles. The number of amides is 1. The third-order valence-corrected chi connectivity index (χ3v) is 3.32. The molecule has 0 aliphatic rings. The fourth-order valence-corrected chi connectivity index (χ4v) is 1.87. The van der Waals surface area contributed by atoms with E-state index in [1.54, 1.807) is 6.08 Å². The molecule has 0 bridgehead atoms. The largest absolute Gasteiger partial charge is 0.396 e. The molecule has 4 heteroatoms. The topological polar surface area (TPSA) is 52.6 Å². The Bertz CT molecular complexity index is 452. The number of aliphatic hydroxyl groups is 1. The van der Waals surface area contributed by atoms with Crippen molar-refractivity contribution in [2.24, 2.45) is 5.92 Å². The molecule has 1 aromatic carbocycles. The third kappa shape index (κ3) is 6.95. The smallest absolute Gasteiger partial charge is 0.243 e. The number of benzene rings is 1. The number of aliphatic hydroxyl groups excluding tert-OH is 1. The van der Waals surface area contributed by atoms with E-state index in [2.05, 4.69) is 5.32 Å². The summed E-state index contributed by atoms with van der Waals surface area (Å²) < 4.78 is 0. The van der Waals surface area contributed by atoms with Gasteiger partial charge in [0.15, 0.2) is 0 Å². The van der Waals surface area contributed by atoms with Gasteiger partial charge in [0.25, 0.3) is 0 Å². The molecule has 0 spiro atoms. The number of nitrogens with zero attached hydrogens (tertiary/aromatic N) is 1. The molecule has 0 saturated heterocycles. The van der Waals surface area contributed by atoms with Crippen LogP contribution in [-0.2, 0) is 4.79 Å². The van der Waals surface area contributed by atoms with Crippen LogP contribution in [0.5, 0.6) is 0 Å². The van der Waals surface area contributed by atoms with Crippen LogP contribution in [0.4, 0.5) is 5.69 Å². The lowest BCUT2D eigenvalue weighted by atomic mass is 10.1. The number of carbonyl (C=O) groups is 1. The molecule has 0 fully saturated rings. The molecule has 4 nitrogen and oxygen atoms in total. The summed E-state index contributed by atoms with van der Waals surface area (Å²) in [5.41, 5.74) is 2.14. The van der Waals surface area contributed by atoms with Crippen molar-refractivity contribution in [3.05, 3.63) is 35.9 Å². The van der Waals surface area contributed by atoms with Crippen LogP contribution in [-0.4, -0.2) is 38.3 Å². The molecule has 1 rings (SSSR count). The monoisotopic (exact) mass is 290 g/mol. The van der Waals surface area contributed by atoms with Crippen LogP contribution in [0, 0.1) is 5.92 Å². The van der Waals surface area contributed by atoms with E-state index in [1.807, 2.05) is 56.3 Å². The lowest BCUT2D eigenvalue weighted by Gasteiger charge is -2.11. The first-order chi connectivity index (χ1) is 10.0. The van der Waals surface area contributed by atoms with Gasteiger partial charge in [-0.05, 0) is 42.5 Å². The Labute approximate surface area is 127 Å². The van der Waals surface area contributed by atoms with Crippen molar-refractivity contribution < 1.29 is 9.90 Å². The van der Waals surface area contributed by atoms with E-state index in [4.69, 9.17) is 5.11 Å². The van der Waals surface area contributed by atoms with E-state index < -0.39 is 0 Å². The molecule has 0 heterocycles. The first-order valence-electron chi connectivity index (χ1n) is 7.37. The molecule has 1 amide bonds. The highest BCUT2D eigenvalue weighted by Gasteiger charge is 2.00. The number of anilines is 1. The van der Waals surface area contributed by atoms with Gasteiger partial charge in [0.2, 0.25) is 5.91 Å². The summed E-state index contributed by atoms with van der Waals surface area (Å²) in [6, 6.07) is 8.02. The number of nitrogens with one attached hydrogen (secondary N) is 1. The summed E-state index contributed by atoms with van der Waals surface area (Å²) in [6.07, 6.45) is 5.18. The zero-order valence-corrected chi connectivity index (χ0v) is 13.2. The van der Waals surface area contributed by atoms with E-state index in [-0.39, 0.29) is 12.5 Å². The Kier molecular flexibility index (Phi) is 7.54. The Morgan fingerprint density at radius 2 is 2.00 bits per heavy atom. The number of carbonyl (C=O) groups excluding carboxylic acids is 1. The summed E-state index contributed by atoms with van der Waals surface area (Å²) >= 11 is 0. The van der Waals surface area contributed by atoms with Crippen molar-refractivity contribution in [2.75, 3.05) is 32.1 Å². The molecule has 1 atom stereocenters. The van der Waals surface area contributed by atoms with Crippen LogP contribution in [0.2, 0.25) is 0 Å². The van der Waals surface area contributed by atoms with Gasteiger partial charge in [-0.25, -0.2) is 0 Å². The molecule has 0 saturated carbocycles. The summed E-state index contributed by atoms with van der Waals surface area (Å²) in [7, 11) is 3.99. The van der Waals surface area contributed by atoms with Crippen molar-refractivity contribution in [2.45, 2.75) is 19.8 Å². The maximum atomic E-state index is 11.7. The number of hydrogen-bond donors (Lipinski definition) is 2. The van der Waals surface area contributed by atoms with E-state index >= 15 is 0 Å². The Morgan fingerprint density at radius 1 is 1.33 bits per heavy atom. The first-order valence-corrected chi connectivity index (χ1v) is 7.37. The maximum absolute atomic E-state index is 11.7. The van der Waals surface area contributed by atoms with Crippen molar-refractivity contribution in [1.29, 1.82) is 0 Å². The van der Waals surface area contributed by atoms with Crippen LogP contribution in [0.15, 0.2) is 30.3 Å². The maximum Gasteiger partial charge on any atom is 0.243 e. The highest BCUT2D eigenvalue weighted by molar-refractivity contribution is 5.91. The molecule has 21 heavy (non-hydrogen) atoms. The average Bonchev–Trinajstić information content (AvgIpc) is 2.49. The summed E-state index contributed by atoms with van der Waals surface area (Å²) in [4.78, 5) is 13.7. The minimum atomic E-state index is -0.0802. The Hall–Kier alpha value is -1.81. The van der Waals surface area contributed by atoms with E-state index in [0.717, 1.165) is 24.1 Å². The fraction of sp³-hybridized carbons (Fsp3) is 0.471. The molecule has 0 aliphatic carbocycles. The van der Waals surface area contributed by atoms with Gasteiger partial charge in [-0.2, -0.15) is 0 Å². The predicted molar refractivity (Wildman–Crippen MR) is 88.3 cm³/mol. The molecule has 1 unspecified atom stereocenters. The second-order valence-electron chi connectivity index (χ2n) is 5.54. The van der Waals surface area contributed by atoms with Gasteiger partial charge in [-0.3, -0.25) is 4.79 Å². The lowest BCUT2D eigenvalue weighted by Crippen LogP contribution is -2.22. The van der Waals surface area contributed by atoms with Crippen LogP contribution in [0.25, 0.3) is 6.08 Å². The van der Waals surface area contributed by atoms with Gasteiger partial charge >= 0.3 is 0 Å². The van der Waals surface area contributed by atoms with E-state index in [0.29, 0.717) is 12.5 Å². The highest BCUT2D eigenvalue weighted by atomic mass is 16.3. The zero-order chi connectivity index (χ0) is 15.7. The average molecular weight is 290 g/mol. The minimum Gasteiger partial charge on any atom is -0.396 e. The second kappa shape index (κ2) is 9.19. The highest BCUT2D eigenvalue weighted by Crippen LogP contribution is 2.13. The summed E-state index contributed by atoms with van der Waals surface area (Å²) in [5.74, 6) is 0.219. The van der Waals surface area contributed by atoms with E-state index in [1.165, 1.54) is 0 Å². The van der Waals surface area contributed by atoms with Crippen molar-refractivity contribution in [1.82, 2.24) is 5.32 Å². The van der Waals surface area contributed by atoms with Crippen LogP contribution >= 0.6 is 0 Å². The van der Waals surface area contributed by atoms with Crippen LogP contribution < -0.4 is 10.2 Å². The normalized spacial score (nSPS) is 12.4. The number of rotatable bonds is 8. The third-order valence-electron chi connectivity index (χ3n) is 3.32. The van der Waals surface area contributed by atoms with Gasteiger partial charge in [0.05, 0.1) is 0 Å². The van der Waals surface area contributed by atoms with Crippen LogP contribution in [0.1, 0.15) is 25.3 Å². The summed E-state index contributed by atoms with van der Waals surface area (Å²) in [5, 5.41) is 11.8. The molecule has 2 N–H and O–H groups in total. The minimum absolute atomic E-state index is 0.0802. The van der Waals surface area contributed by atoms with Gasteiger partial charge in [0, 0.05) is 39.0 Å². The Morgan fingerprint density at radius 3 is 2.57 bits per heavy atom. The van der Waals surface area contributed by atoms with Crippen LogP contribution in [0.3, 0.4) is 0 Å². The molecule has 0 radical (unpaired) electrons. The van der Waals surface area contributed by atoms with Gasteiger partial charge in [-0.1, -0.05) is 19.1 Å².